The maximum absolute atomic E-state index is 11.8. The molecule has 1 fully saturated rings. The zero-order valence-electron chi connectivity index (χ0n) is 12.7. The molecule has 116 valence electrons. The second-order valence-electron chi connectivity index (χ2n) is 5.19. The predicted octanol–water partition coefficient (Wildman–Crippen LogP) is 1.08. The van der Waals surface area contributed by atoms with E-state index in [0.717, 1.165) is 26.2 Å². The lowest BCUT2D eigenvalue weighted by Gasteiger charge is -2.36. The number of ether oxygens (including phenoxy) is 2. The Morgan fingerprint density at radius 2 is 1.86 bits per heavy atom. The Balaban J connectivity index is 2.32. The number of hydrogen-bond acceptors (Lipinski definition) is 5. The van der Waals surface area contributed by atoms with E-state index >= 15 is 0 Å². The highest BCUT2D eigenvalue weighted by atomic mass is 16.5. The number of likely N-dealkylation sites (N-methyl/N-ethyl adjacent to an activating group) is 1. The highest BCUT2D eigenvalue weighted by Crippen LogP contribution is 2.33. The first-order valence-electron chi connectivity index (χ1n) is 6.94. The fourth-order valence-corrected chi connectivity index (χ4v) is 2.61. The van der Waals surface area contributed by atoms with Crippen molar-refractivity contribution in [1.82, 2.24) is 9.80 Å². The molecule has 1 N–H and O–H groups in total. The van der Waals surface area contributed by atoms with Crippen LogP contribution in [-0.4, -0.2) is 68.3 Å². The molecule has 2 rings (SSSR count). The van der Waals surface area contributed by atoms with Crippen molar-refractivity contribution in [2.75, 3.05) is 47.4 Å². The van der Waals surface area contributed by atoms with Crippen molar-refractivity contribution in [2.24, 2.45) is 0 Å². The minimum Gasteiger partial charge on any atom is -0.497 e. The number of piperazine rings is 1. The Morgan fingerprint density at radius 3 is 2.38 bits per heavy atom. The van der Waals surface area contributed by atoms with Gasteiger partial charge in [-0.25, -0.2) is 0 Å². The van der Waals surface area contributed by atoms with Gasteiger partial charge < -0.3 is 19.5 Å². The lowest BCUT2D eigenvalue weighted by Crippen LogP contribution is -2.47. The van der Waals surface area contributed by atoms with E-state index in [9.17, 15) is 9.90 Å². The molecule has 1 aliphatic rings. The molecule has 6 nitrogen and oxygen atoms in total. The van der Waals surface area contributed by atoms with Gasteiger partial charge in [0.15, 0.2) is 0 Å². The van der Waals surface area contributed by atoms with Gasteiger partial charge in [0, 0.05) is 37.8 Å². The number of benzene rings is 1. The van der Waals surface area contributed by atoms with Crippen LogP contribution in [0.15, 0.2) is 18.2 Å². The van der Waals surface area contributed by atoms with Gasteiger partial charge in [-0.3, -0.25) is 9.69 Å². The second-order valence-corrected chi connectivity index (χ2v) is 5.19. The van der Waals surface area contributed by atoms with Crippen molar-refractivity contribution >= 4 is 5.97 Å². The van der Waals surface area contributed by atoms with Gasteiger partial charge in [-0.15, -0.1) is 0 Å². The van der Waals surface area contributed by atoms with Gasteiger partial charge in [0.1, 0.15) is 17.5 Å². The average Bonchev–Trinajstić information content (AvgIpc) is 2.49. The molecule has 0 aromatic heterocycles. The van der Waals surface area contributed by atoms with E-state index in [2.05, 4.69) is 4.90 Å². The summed E-state index contributed by atoms with van der Waals surface area (Å²) in [5, 5.41) is 9.65. The quantitative estimate of drug-likeness (QED) is 0.877. The molecule has 1 atom stereocenters. The van der Waals surface area contributed by atoms with Gasteiger partial charge in [-0.2, -0.15) is 0 Å². The van der Waals surface area contributed by atoms with Gasteiger partial charge in [-0.1, -0.05) is 0 Å². The summed E-state index contributed by atoms with van der Waals surface area (Å²) in [6.45, 7) is 3.18. The summed E-state index contributed by atoms with van der Waals surface area (Å²) in [7, 11) is 5.16. The second kappa shape index (κ2) is 6.78. The molecule has 1 heterocycles. The molecule has 6 heteroatoms. The third-order valence-electron chi connectivity index (χ3n) is 3.87. The smallest absolute Gasteiger partial charge is 0.325 e. The summed E-state index contributed by atoms with van der Waals surface area (Å²) in [6, 6.07) is 4.57. The van der Waals surface area contributed by atoms with Crippen molar-refractivity contribution in [1.29, 1.82) is 0 Å². The molecule has 1 aromatic rings. The zero-order chi connectivity index (χ0) is 15.4. The molecule has 0 bridgehead atoms. The third kappa shape index (κ3) is 3.46. The number of carboxylic acid groups (broad SMARTS) is 1. The molecule has 0 aliphatic carbocycles. The van der Waals surface area contributed by atoms with Crippen molar-refractivity contribution in [3.05, 3.63) is 23.8 Å². The maximum atomic E-state index is 11.8. The number of carbonyl (C=O) groups is 1. The number of carboxylic acids is 1. The molecule has 1 unspecified atom stereocenters. The van der Waals surface area contributed by atoms with Crippen LogP contribution in [0.4, 0.5) is 0 Å². The summed E-state index contributed by atoms with van der Waals surface area (Å²) in [4.78, 5) is 15.9. The molecule has 1 saturated heterocycles. The van der Waals surface area contributed by atoms with Gasteiger partial charge in [0.25, 0.3) is 0 Å². The molecule has 0 saturated carbocycles. The predicted molar refractivity (Wildman–Crippen MR) is 79.0 cm³/mol. The van der Waals surface area contributed by atoms with Crippen molar-refractivity contribution < 1.29 is 19.4 Å². The van der Waals surface area contributed by atoms with Gasteiger partial charge in [-0.05, 0) is 19.2 Å². The number of methoxy groups -OCH3 is 2. The zero-order valence-corrected chi connectivity index (χ0v) is 12.7. The standard InChI is InChI=1S/C15H22N2O4/c1-16-6-8-17(9-7-16)14(15(18)19)12-5-4-11(20-2)10-13(12)21-3/h4-5,10,14H,6-9H2,1-3H3,(H,18,19). The summed E-state index contributed by atoms with van der Waals surface area (Å²) in [6.07, 6.45) is 0. The van der Waals surface area contributed by atoms with Crippen LogP contribution in [0.5, 0.6) is 11.5 Å². The number of nitrogens with zero attached hydrogens (tertiary/aromatic N) is 2. The molecule has 1 aliphatic heterocycles. The van der Waals surface area contributed by atoms with E-state index in [0.29, 0.717) is 17.1 Å². The summed E-state index contributed by atoms with van der Waals surface area (Å²) in [5.41, 5.74) is 0.662. The number of hydrogen-bond donors (Lipinski definition) is 1. The first kappa shape index (κ1) is 15.6. The summed E-state index contributed by atoms with van der Waals surface area (Å²) >= 11 is 0. The lowest BCUT2D eigenvalue weighted by atomic mass is 10.0. The Bertz CT molecular complexity index is 498. The number of rotatable bonds is 5. The Labute approximate surface area is 124 Å². The highest BCUT2D eigenvalue weighted by Gasteiger charge is 2.31. The Morgan fingerprint density at radius 1 is 1.19 bits per heavy atom. The molecule has 0 amide bonds. The van der Waals surface area contributed by atoms with Gasteiger partial charge in [0.2, 0.25) is 0 Å². The fraction of sp³-hybridized carbons (Fsp3) is 0.533. The van der Waals surface area contributed by atoms with Crippen LogP contribution in [-0.2, 0) is 4.79 Å². The van der Waals surface area contributed by atoms with Crippen LogP contribution in [0, 0.1) is 0 Å². The van der Waals surface area contributed by atoms with Crippen LogP contribution < -0.4 is 9.47 Å². The Hall–Kier alpha value is -1.79. The molecule has 0 spiro atoms. The fourth-order valence-electron chi connectivity index (χ4n) is 2.61. The normalized spacial score (nSPS) is 18.2. The maximum Gasteiger partial charge on any atom is 0.325 e. The van der Waals surface area contributed by atoms with Crippen molar-refractivity contribution in [2.45, 2.75) is 6.04 Å². The van der Waals surface area contributed by atoms with E-state index in [1.807, 2.05) is 11.9 Å². The molecule has 21 heavy (non-hydrogen) atoms. The van der Waals surface area contributed by atoms with Crippen molar-refractivity contribution in [3.8, 4) is 11.5 Å². The molecular weight excluding hydrogens is 272 g/mol. The minimum atomic E-state index is -0.858. The number of aliphatic carboxylic acids is 1. The first-order valence-corrected chi connectivity index (χ1v) is 6.94. The average molecular weight is 294 g/mol. The highest BCUT2D eigenvalue weighted by molar-refractivity contribution is 5.77. The van der Waals surface area contributed by atoms with Crippen LogP contribution in [0.25, 0.3) is 0 Å². The lowest BCUT2D eigenvalue weighted by molar-refractivity contribution is -0.144. The van der Waals surface area contributed by atoms with E-state index < -0.39 is 12.0 Å². The van der Waals surface area contributed by atoms with Crippen molar-refractivity contribution in [3.63, 3.8) is 0 Å². The van der Waals surface area contributed by atoms with Crippen LogP contribution in [0.1, 0.15) is 11.6 Å². The SMILES string of the molecule is COc1ccc(C(C(=O)O)N2CCN(C)CC2)c(OC)c1. The Kier molecular flexibility index (Phi) is 5.03. The van der Waals surface area contributed by atoms with Crippen LogP contribution in [0.3, 0.4) is 0 Å². The molecular formula is C15H22N2O4. The molecule has 0 radical (unpaired) electrons. The van der Waals surface area contributed by atoms with E-state index in [4.69, 9.17) is 9.47 Å². The van der Waals surface area contributed by atoms with E-state index in [1.54, 1.807) is 32.4 Å². The minimum absolute atomic E-state index is 0.542. The topological polar surface area (TPSA) is 62.2 Å². The first-order chi connectivity index (χ1) is 10.1. The van der Waals surface area contributed by atoms with Gasteiger partial charge >= 0.3 is 5.97 Å². The largest absolute Gasteiger partial charge is 0.497 e. The van der Waals surface area contributed by atoms with E-state index in [-0.39, 0.29) is 0 Å². The summed E-state index contributed by atoms with van der Waals surface area (Å²) in [5.74, 6) is 0.335. The monoisotopic (exact) mass is 294 g/mol. The van der Waals surface area contributed by atoms with Crippen LogP contribution >= 0.6 is 0 Å². The van der Waals surface area contributed by atoms with E-state index in [1.165, 1.54) is 0 Å². The van der Waals surface area contributed by atoms with Crippen LogP contribution in [0.2, 0.25) is 0 Å². The third-order valence-corrected chi connectivity index (χ3v) is 3.87. The molecule has 1 aromatic carbocycles. The van der Waals surface area contributed by atoms with Gasteiger partial charge in [0.05, 0.1) is 14.2 Å². The summed E-state index contributed by atoms with van der Waals surface area (Å²) < 4.78 is 10.5.